The van der Waals surface area contributed by atoms with Crippen molar-refractivity contribution in [3.05, 3.63) is 22.4 Å². The van der Waals surface area contributed by atoms with E-state index < -0.39 is 5.54 Å². The van der Waals surface area contributed by atoms with Crippen molar-refractivity contribution < 1.29 is 9.53 Å². The van der Waals surface area contributed by atoms with E-state index in [4.69, 9.17) is 10.5 Å². The molecule has 0 spiro atoms. The third-order valence-electron chi connectivity index (χ3n) is 5.07. The quantitative estimate of drug-likeness (QED) is 0.910. The minimum Gasteiger partial charge on any atom is -0.378 e. The first-order valence-electron chi connectivity index (χ1n) is 7.46. The van der Waals surface area contributed by atoms with Crippen LogP contribution in [0.3, 0.4) is 0 Å². The minimum atomic E-state index is -0.840. The fraction of sp³-hybridized carbons (Fsp3) is 0.688. The maximum Gasteiger partial charge on any atom is 0.243 e. The molecule has 0 aliphatic heterocycles. The van der Waals surface area contributed by atoms with Gasteiger partial charge >= 0.3 is 0 Å². The number of nitrogens with two attached hydrogens (primary N) is 1. The molecule has 1 aromatic heterocycles. The predicted octanol–water partition coefficient (Wildman–Crippen LogP) is 2.80. The zero-order valence-corrected chi connectivity index (χ0v) is 14.4. The van der Waals surface area contributed by atoms with Crippen LogP contribution in [-0.2, 0) is 9.53 Å². The molecule has 21 heavy (non-hydrogen) atoms. The van der Waals surface area contributed by atoms with Crippen LogP contribution in [0.4, 0.5) is 0 Å². The molecule has 0 radical (unpaired) electrons. The van der Waals surface area contributed by atoms with Gasteiger partial charge in [0.1, 0.15) is 5.54 Å². The van der Waals surface area contributed by atoms with E-state index in [1.165, 1.54) is 4.88 Å². The van der Waals surface area contributed by atoms with Crippen molar-refractivity contribution in [3.63, 3.8) is 0 Å². The van der Waals surface area contributed by atoms with Gasteiger partial charge in [0, 0.05) is 30.4 Å². The highest BCUT2D eigenvalue weighted by molar-refractivity contribution is 7.10. The van der Waals surface area contributed by atoms with E-state index in [9.17, 15) is 4.79 Å². The molecule has 2 rings (SSSR count). The molecule has 3 atom stereocenters. The average Bonchev–Trinajstić information content (AvgIpc) is 2.98. The smallest absolute Gasteiger partial charge is 0.243 e. The number of nitrogens with zero attached hydrogens (tertiary/aromatic N) is 1. The second kappa shape index (κ2) is 5.71. The highest BCUT2D eigenvalue weighted by atomic mass is 32.1. The number of hydrogen-bond donors (Lipinski definition) is 1. The van der Waals surface area contributed by atoms with Crippen LogP contribution >= 0.6 is 11.3 Å². The Kier molecular flexibility index (Phi) is 4.47. The number of carbonyl (C=O) groups excluding carboxylic acids is 1. The van der Waals surface area contributed by atoms with Crippen LogP contribution < -0.4 is 5.73 Å². The van der Waals surface area contributed by atoms with Crippen molar-refractivity contribution in [1.82, 2.24) is 4.90 Å². The maximum atomic E-state index is 12.9. The summed E-state index contributed by atoms with van der Waals surface area (Å²) >= 11 is 1.66. The van der Waals surface area contributed by atoms with Gasteiger partial charge in [-0.2, -0.15) is 0 Å². The number of amides is 1. The summed E-state index contributed by atoms with van der Waals surface area (Å²) in [6.07, 6.45) is 0.649. The standard InChI is InChI=1S/C16H26N2O2S/c1-6-20-13-10-16(17,15(13,3)4)14(19)18(5)11(2)12-8-7-9-21-12/h7-9,11,13H,6,10,17H2,1-5H3. The summed E-state index contributed by atoms with van der Waals surface area (Å²) in [6.45, 7) is 8.72. The lowest BCUT2D eigenvalue weighted by Gasteiger charge is -2.58. The molecule has 118 valence electrons. The van der Waals surface area contributed by atoms with Crippen LogP contribution in [0, 0.1) is 5.41 Å². The Morgan fingerprint density at radius 2 is 2.29 bits per heavy atom. The van der Waals surface area contributed by atoms with E-state index in [-0.39, 0.29) is 23.5 Å². The summed E-state index contributed by atoms with van der Waals surface area (Å²) in [5.41, 5.74) is 5.29. The second-order valence-corrected chi connectivity index (χ2v) is 7.43. The Labute approximate surface area is 131 Å². The van der Waals surface area contributed by atoms with Gasteiger partial charge in [0.15, 0.2) is 0 Å². The lowest BCUT2D eigenvalue weighted by atomic mass is 9.54. The van der Waals surface area contributed by atoms with Gasteiger partial charge < -0.3 is 15.4 Å². The van der Waals surface area contributed by atoms with Crippen molar-refractivity contribution in [3.8, 4) is 0 Å². The van der Waals surface area contributed by atoms with E-state index in [2.05, 4.69) is 6.07 Å². The molecule has 3 unspecified atom stereocenters. The first kappa shape index (κ1) is 16.5. The monoisotopic (exact) mass is 310 g/mol. The van der Waals surface area contributed by atoms with Crippen molar-refractivity contribution in [2.24, 2.45) is 11.1 Å². The summed E-state index contributed by atoms with van der Waals surface area (Å²) in [5.74, 6) is 0.00403. The largest absolute Gasteiger partial charge is 0.378 e. The Morgan fingerprint density at radius 1 is 1.62 bits per heavy atom. The van der Waals surface area contributed by atoms with E-state index in [1.54, 1.807) is 16.2 Å². The van der Waals surface area contributed by atoms with Gasteiger partial charge in [0.05, 0.1) is 12.1 Å². The number of carbonyl (C=O) groups is 1. The zero-order chi connectivity index (χ0) is 15.8. The van der Waals surface area contributed by atoms with Crippen LogP contribution in [0.15, 0.2) is 17.5 Å². The normalized spacial score (nSPS) is 28.8. The van der Waals surface area contributed by atoms with E-state index in [0.717, 1.165) is 0 Å². The highest BCUT2D eigenvalue weighted by Crippen LogP contribution is 2.51. The van der Waals surface area contributed by atoms with Crippen molar-refractivity contribution in [2.75, 3.05) is 13.7 Å². The molecular weight excluding hydrogens is 284 g/mol. The molecule has 5 heteroatoms. The second-order valence-electron chi connectivity index (χ2n) is 6.45. The molecule has 0 bridgehead atoms. The Morgan fingerprint density at radius 3 is 2.76 bits per heavy atom. The van der Waals surface area contributed by atoms with Crippen molar-refractivity contribution in [1.29, 1.82) is 0 Å². The SMILES string of the molecule is CCOC1CC(N)(C(=O)N(C)C(C)c2cccs2)C1(C)C. The summed E-state index contributed by atoms with van der Waals surface area (Å²) in [4.78, 5) is 15.8. The predicted molar refractivity (Wildman–Crippen MR) is 86.2 cm³/mol. The van der Waals surface area contributed by atoms with Gasteiger partial charge in [-0.25, -0.2) is 0 Å². The first-order chi connectivity index (χ1) is 9.75. The van der Waals surface area contributed by atoms with Crippen LogP contribution in [0.2, 0.25) is 0 Å². The fourth-order valence-corrected chi connectivity index (χ4v) is 3.84. The number of thiophene rings is 1. The topological polar surface area (TPSA) is 55.6 Å². The van der Waals surface area contributed by atoms with Crippen LogP contribution in [0.1, 0.15) is 45.0 Å². The summed E-state index contributed by atoms with van der Waals surface area (Å²) in [5, 5.41) is 2.03. The Hall–Kier alpha value is -0.910. The molecule has 1 amide bonds. The van der Waals surface area contributed by atoms with Crippen molar-refractivity contribution >= 4 is 17.2 Å². The number of rotatable bonds is 5. The lowest BCUT2D eigenvalue weighted by Crippen LogP contribution is -2.75. The average molecular weight is 310 g/mol. The van der Waals surface area contributed by atoms with E-state index in [0.29, 0.717) is 13.0 Å². The minimum absolute atomic E-state index is 0.00403. The Balaban J connectivity index is 2.13. The number of likely N-dealkylation sites (N-methyl/N-ethyl adjacent to an activating group) is 1. The lowest BCUT2D eigenvalue weighted by molar-refractivity contribution is -0.179. The molecule has 1 saturated carbocycles. The third kappa shape index (κ3) is 2.51. The zero-order valence-electron chi connectivity index (χ0n) is 13.6. The van der Waals surface area contributed by atoms with Crippen LogP contribution in [0.25, 0.3) is 0 Å². The fourth-order valence-electron chi connectivity index (χ4n) is 3.01. The van der Waals surface area contributed by atoms with Crippen LogP contribution in [0.5, 0.6) is 0 Å². The molecule has 1 aromatic rings. The van der Waals surface area contributed by atoms with Gasteiger partial charge in [-0.15, -0.1) is 11.3 Å². The van der Waals surface area contributed by atoms with Crippen LogP contribution in [-0.4, -0.2) is 36.1 Å². The van der Waals surface area contributed by atoms with Gasteiger partial charge in [0.25, 0.3) is 0 Å². The number of hydrogen-bond acceptors (Lipinski definition) is 4. The third-order valence-corrected chi connectivity index (χ3v) is 6.11. The van der Waals surface area contributed by atoms with E-state index in [1.807, 2.05) is 46.2 Å². The van der Waals surface area contributed by atoms with Gasteiger partial charge in [-0.1, -0.05) is 19.9 Å². The first-order valence-corrected chi connectivity index (χ1v) is 8.34. The molecule has 1 fully saturated rings. The maximum absolute atomic E-state index is 12.9. The highest BCUT2D eigenvalue weighted by Gasteiger charge is 2.63. The molecule has 4 nitrogen and oxygen atoms in total. The van der Waals surface area contributed by atoms with Gasteiger partial charge in [-0.3, -0.25) is 4.79 Å². The summed E-state index contributed by atoms with van der Waals surface area (Å²) < 4.78 is 5.70. The molecule has 0 saturated heterocycles. The van der Waals surface area contributed by atoms with Gasteiger partial charge in [0.2, 0.25) is 5.91 Å². The number of ether oxygens (including phenoxy) is 1. The Bertz CT molecular complexity index is 500. The molecular formula is C16H26N2O2S. The van der Waals surface area contributed by atoms with E-state index >= 15 is 0 Å². The molecule has 1 heterocycles. The molecule has 0 aromatic carbocycles. The summed E-state index contributed by atoms with van der Waals surface area (Å²) in [7, 11) is 1.84. The molecule has 1 aliphatic carbocycles. The van der Waals surface area contributed by atoms with Crippen molar-refractivity contribution in [2.45, 2.75) is 51.8 Å². The van der Waals surface area contributed by atoms with Gasteiger partial charge in [-0.05, 0) is 25.3 Å². The summed E-state index contributed by atoms with van der Waals surface area (Å²) in [6, 6.07) is 4.10. The molecule has 1 aliphatic rings. The molecule has 2 N–H and O–H groups in total.